The smallest absolute Gasteiger partial charge is 0.227 e. The Labute approximate surface area is 202 Å². The first kappa shape index (κ1) is 24.9. The fourth-order valence-electron chi connectivity index (χ4n) is 3.25. The molecule has 0 amide bonds. The minimum Gasteiger partial charge on any atom is -0.395 e. The van der Waals surface area contributed by atoms with Crippen molar-refractivity contribution in [2.45, 2.75) is 19.8 Å². The van der Waals surface area contributed by atoms with Gasteiger partial charge in [0.15, 0.2) is 5.78 Å². The average Bonchev–Trinajstić information content (AvgIpc) is 2.79. The normalized spacial score (nSPS) is 10.8. The zero-order chi connectivity index (χ0) is 23.8. The molecule has 0 aliphatic heterocycles. The summed E-state index contributed by atoms with van der Waals surface area (Å²) in [6.45, 7) is 2.40. The van der Waals surface area contributed by atoms with Gasteiger partial charge in [0.1, 0.15) is 11.6 Å². The summed E-state index contributed by atoms with van der Waals surface area (Å²) in [6.07, 6.45) is 2.39. The topological polar surface area (TPSA) is 111 Å². The Bertz CT molecular complexity index is 1090. The van der Waals surface area contributed by atoms with E-state index < -0.39 is 0 Å². The summed E-state index contributed by atoms with van der Waals surface area (Å²) < 4.78 is 0. The molecule has 0 radical (unpaired) electrons. The zero-order valence-electron chi connectivity index (χ0n) is 18.1. The molecular weight excluding hydrogens is 465 g/mol. The maximum atomic E-state index is 12.8. The molecule has 33 heavy (non-hydrogen) atoms. The van der Waals surface area contributed by atoms with E-state index in [9.17, 15) is 15.0 Å². The van der Waals surface area contributed by atoms with E-state index in [-0.39, 0.29) is 25.4 Å². The van der Waals surface area contributed by atoms with Crippen molar-refractivity contribution >= 4 is 46.6 Å². The number of aromatic nitrogens is 3. The van der Waals surface area contributed by atoms with Crippen molar-refractivity contribution in [1.29, 1.82) is 0 Å². The number of carbonyl (C=O) groups is 1. The standard InChI is InChI=1S/C23H25Cl2N5O3/c1-2-16-14-21(29-23(27-16)30(8-10-31)9-11-32)28-20-13-15(6-7-26-20)12-19(33)22-17(24)4-3-5-18(22)25/h3-7,13-14,31-32H,2,8-12H2,1H3,(H,26,27,28,29). The molecule has 0 saturated heterocycles. The van der Waals surface area contributed by atoms with Crippen molar-refractivity contribution in [2.75, 3.05) is 36.5 Å². The highest BCUT2D eigenvalue weighted by atomic mass is 35.5. The van der Waals surface area contributed by atoms with Gasteiger partial charge in [-0.05, 0) is 36.2 Å². The molecule has 0 aliphatic carbocycles. The molecule has 0 atom stereocenters. The molecule has 0 bridgehead atoms. The van der Waals surface area contributed by atoms with Gasteiger partial charge in [-0.25, -0.2) is 9.97 Å². The van der Waals surface area contributed by atoms with Crippen LogP contribution < -0.4 is 10.2 Å². The molecule has 0 saturated carbocycles. The van der Waals surface area contributed by atoms with Crippen LogP contribution >= 0.6 is 23.2 Å². The van der Waals surface area contributed by atoms with Gasteiger partial charge in [0.2, 0.25) is 5.95 Å². The second kappa shape index (κ2) is 11.9. The van der Waals surface area contributed by atoms with Crippen LogP contribution in [0.1, 0.15) is 28.5 Å². The molecule has 3 rings (SSSR count). The number of rotatable bonds is 11. The van der Waals surface area contributed by atoms with Crippen molar-refractivity contribution in [3.63, 3.8) is 0 Å². The number of nitrogens with zero attached hydrogens (tertiary/aromatic N) is 4. The fraction of sp³-hybridized carbons (Fsp3) is 0.304. The minimum atomic E-state index is -0.191. The number of hydrogen-bond acceptors (Lipinski definition) is 8. The summed E-state index contributed by atoms with van der Waals surface area (Å²) in [5, 5.41) is 22.4. The summed E-state index contributed by atoms with van der Waals surface area (Å²) in [5.74, 6) is 1.24. The van der Waals surface area contributed by atoms with Crippen LogP contribution in [0.5, 0.6) is 0 Å². The van der Waals surface area contributed by atoms with Gasteiger partial charge in [0.25, 0.3) is 0 Å². The number of carbonyl (C=O) groups excluding carboxylic acids is 1. The second-order valence-electron chi connectivity index (χ2n) is 7.20. The van der Waals surface area contributed by atoms with Crippen molar-refractivity contribution in [2.24, 2.45) is 0 Å². The SMILES string of the molecule is CCc1cc(Nc2cc(CC(=O)c3c(Cl)cccc3Cl)ccn2)nc(N(CCO)CCO)n1. The van der Waals surface area contributed by atoms with Gasteiger partial charge in [-0.1, -0.05) is 36.2 Å². The Morgan fingerprint density at radius 1 is 1.03 bits per heavy atom. The Morgan fingerprint density at radius 3 is 2.36 bits per heavy atom. The average molecular weight is 490 g/mol. The number of aliphatic hydroxyl groups is 2. The van der Waals surface area contributed by atoms with Crippen LogP contribution in [0, 0.1) is 0 Å². The summed E-state index contributed by atoms with van der Waals surface area (Å²) in [5.41, 5.74) is 1.83. The van der Waals surface area contributed by atoms with Gasteiger partial charge in [0.05, 0.1) is 28.8 Å². The number of pyridine rings is 1. The van der Waals surface area contributed by atoms with Crippen LogP contribution in [0.2, 0.25) is 10.0 Å². The first-order chi connectivity index (χ1) is 15.9. The van der Waals surface area contributed by atoms with Gasteiger partial charge < -0.3 is 20.4 Å². The maximum absolute atomic E-state index is 12.8. The third kappa shape index (κ3) is 6.61. The van der Waals surface area contributed by atoms with Crippen LogP contribution in [-0.4, -0.2) is 57.3 Å². The Balaban J connectivity index is 1.82. The number of ketones is 1. The number of halogens is 2. The van der Waals surface area contributed by atoms with Crippen molar-refractivity contribution in [3.05, 3.63) is 69.5 Å². The van der Waals surface area contributed by atoms with E-state index in [0.717, 1.165) is 11.3 Å². The monoisotopic (exact) mass is 489 g/mol. The van der Waals surface area contributed by atoms with E-state index in [2.05, 4.69) is 20.3 Å². The molecular formula is C23H25Cl2N5O3. The predicted octanol–water partition coefficient (Wildman–Crippen LogP) is 3.70. The van der Waals surface area contributed by atoms with Crippen LogP contribution in [0.3, 0.4) is 0 Å². The van der Waals surface area contributed by atoms with E-state index in [4.69, 9.17) is 23.2 Å². The summed E-state index contributed by atoms with van der Waals surface area (Å²) in [6, 6.07) is 10.3. The first-order valence-corrected chi connectivity index (χ1v) is 11.2. The van der Waals surface area contributed by atoms with Crippen molar-refractivity contribution in [3.8, 4) is 0 Å². The minimum absolute atomic E-state index is 0.0877. The largest absolute Gasteiger partial charge is 0.395 e. The van der Waals surface area contributed by atoms with Crippen LogP contribution in [0.15, 0.2) is 42.6 Å². The highest BCUT2D eigenvalue weighted by molar-refractivity contribution is 6.39. The van der Waals surface area contributed by atoms with E-state index in [1.165, 1.54) is 0 Å². The van der Waals surface area contributed by atoms with Gasteiger partial charge in [-0.2, -0.15) is 4.98 Å². The summed E-state index contributed by atoms with van der Waals surface area (Å²) >= 11 is 12.3. The number of Topliss-reactive ketones (excluding diaryl/α,β-unsaturated/α-hetero) is 1. The summed E-state index contributed by atoms with van der Waals surface area (Å²) in [4.78, 5) is 27.8. The fourth-order valence-corrected chi connectivity index (χ4v) is 3.85. The molecule has 2 aromatic heterocycles. The van der Waals surface area contributed by atoms with E-state index >= 15 is 0 Å². The molecule has 0 unspecified atom stereocenters. The number of aliphatic hydroxyl groups excluding tert-OH is 2. The Kier molecular flexibility index (Phi) is 8.96. The third-order valence-corrected chi connectivity index (χ3v) is 5.47. The lowest BCUT2D eigenvalue weighted by Gasteiger charge is -2.21. The molecule has 3 aromatic rings. The van der Waals surface area contributed by atoms with Gasteiger partial charge in [0, 0.05) is 37.5 Å². The van der Waals surface area contributed by atoms with Crippen molar-refractivity contribution in [1.82, 2.24) is 15.0 Å². The van der Waals surface area contributed by atoms with Crippen LogP contribution in [0.4, 0.5) is 17.6 Å². The molecule has 0 fully saturated rings. The van der Waals surface area contributed by atoms with Gasteiger partial charge >= 0.3 is 0 Å². The highest BCUT2D eigenvalue weighted by Gasteiger charge is 2.16. The van der Waals surface area contributed by atoms with Crippen molar-refractivity contribution < 1.29 is 15.0 Å². The number of anilines is 3. The molecule has 0 spiro atoms. The van der Waals surface area contributed by atoms with Crippen LogP contribution in [-0.2, 0) is 12.8 Å². The lowest BCUT2D eigenvalue weighted by Crippen LogP contribution is -2.31. The third-order valence-electron chi connectivity index (χ3n) is 4.84. The van der Waals surface area contributed by atoms with Crippen LogP contribution in [0.25, 0.3) is 0 Å². The molecule has 174 valence electrons. The zero-order valence-corrected chi connectivity index (χ0v) is 19.6. The number of benzene rings is 1. The quantitative estimate of drug-likeness (QED) is 0.349. The van der Waals surface area contributed by atoms with E-state index in [1.807, 2.05) is 13.0 Å². The maximum Gasteiger partial charge on any atom is 0.227 e. The molecule has 2 heterocycles. The molecule has 0 aliphatic rings. The number of aryl methyl sites for hydroxylation is 1. The van der Waals surface area contributed by atoms with Gasteiger partial charge in [-0.3, -0.25) is 4.79 Å². The lowest BCUT2D eigenvalue weighted by molar-refractivity contribution is 0.0993. The number of nitrogens with one attached hydrogen (secondary N) is 1. The molecule has 1 aromatic carbocycles. The second-order valence-corrected chi connectivity index (χ2v) is 8.02. The van der Waals surface area contributed by atoms with E-state index in [0.29, 0.717) is 52.7 Å². The Hall–Kier alpha value is -2.78. The Morgan fingerprint density at radius 2 is 1.73 bits per heavy atom. The predicted molar refractivity (Wildman–Crippen MR) is 130 cm³/mol. The molecule has 3 N–H and O–H groups in total. The highest BCUT2D eigenvalue weighted by Crippen LogP contribution is 2.26. The summed E-state index contributed by atoms with van der Waals surface area (Å²) in [7, 11) is 0. The molecule has 10 heteroatoms. The first-order valence-electron chi connectivity index (χ1n) is 10.5. The molecule has 8 nitrogen and oxygen atoms in total. The van der Waals surface area contributed by atoms with Gasteiger partial charge in [-0.15, -0.1) is 0 Å². The lowest BCUT2D eigenvalue weighted by atomic mass is 10.0. The number of hydrogen-bond donors (Lipinski definition) is 3. The van der Waals surface area contributed by atoms with E-state index in [1.54, 1.807) is 41.4 Å².